The molecule has 3 rings (SSSR count). The molecule has 1 aliphatic carbocycles. The number of fused-ring (bicyclic) bond motifs is 1. The molecule has 0 bridgehead atoms. The van der Waals surface area contributed by atoms with Crippen molar-refractivity contribution >= 4 is 11.0 Å². The summed E-state index contributed by atoms with van der Waals surface area (Å²) in [5.74, 6) is 1.17. The highest BCUT2D eigenvalue weighted by Crippen LogP contribution is 2.32. The van der Waals surface area contributed by atoms with E-state index in [-0.39, 0.29) is 11.7 Å². The Labute approximate surface area is 135 Å². The third kappa shape index (κ3) is 4.12. The van der Waals surface area contributed by atoms with Gasteiger partial charge in [0, 0.05) is 30.6 Å². The first kappa shape index (κ1) is 16.0. The number of aliphatic hydroxyl groups excluding tert-OH is 1. The van der Waals surface area contributed by atoms with Crippen molar-refractivity contribution in [1.82, 2.24) is 4.90 Å². The van der Waals surface area contributed by atoms with Crippen molar-refractivity contribution in [2.75, 3.05) is 26.7 Å². The molecule has 0 spiro atoms. The zero-order valence-electron chi connectivity index (χ0n) is 13.6. The molecule has 124 valence electrons. The van der Waals surface area contributed by atoms with E-state index in [1.54, 1.807) is 6.07 Å². The van der Waals surface area contributed by atoms with Crippen LogP contribution in [-0.4, -0.2) is 42.9 Å². The maximum Gasteiger partial charge on any atom is 0.336 e. The summed E-state index contributed by atoms with van der Waals surface area (Å²) in [6, 6.07) is 7.03. The second-order valence-electron chi connectivity index (χ2n) is 6.42. The van der Waals surface area contributed by atoms with E-state index in [0.29, 0.717) is 30.4 Å². The molecule has 1 unspecified atom stereocenters. The van der Waals surface area contributed by atoms with Crippen molar-refractivity contribution in [1.29, 1.82) is 0 Å². The molecule has 1 aromatic carbocycles. The molecular weight excluding hydrogens is 294 g/mol. The topological polar surface area (TPSA) is 62.9 Å². The zero-order chi connectivity index (χ0) is 16.4. The number of ether oxygens (including phenoxy) is 1. The van der Waals surface area contributed by atoms with Crippen molar-refractivity contribution in [3.8, 4) is 5.75 Å². The van der Waals surface area contributed by atoms with Gasteiger partial charge < -0.3 is 19.2 Å². The van der Waals surface area contributed by atoms with E-state index in [1.807, 2.05) is 26.1 Å². The van der Waals surface area contributed by atoms with Gasteiger partial charge in [0.05, 0.1) is 6.10 Å². The van der Waals surface area contributed by atoms with Crippen LogP contribution in [0.4, 0.5) is 0 Å². The number of aryl methyl sites for hydroxylation is 1. The van der Waals surface area contributed by atoms with Gasteiger partial charge in [0.25, 0.3) is 0 Å². The van der Waals surface area contributed by atoms with E-state index in [4.69, 9.17) is 9.15 Å². The fourth-order valence-electron chi connectivity index (χ4n) is 2.76. The van der Waals surface area contributed by atoms with E-state index < -0.39 is 0 Å². The smallest absolute Gasteiger partial charge is 0.336 e. The monoisotopic (exact) mass is 317 g/mol. The molecule has 1 N–H and O–H groups in total. The van der Waals surface area contributed by atoms with Crippen LogP contribution in [-0.2, 0) is 0 Å². The van der Waals surface area contributed by atoms with Gasteiger partial charge in [0.2, 0.25) is 0 Å². The van der Waals surface area contributed by atoms with Crippen LogP contribution >= 0.6 is 0 Å². The maximum atomic E-state index is 11.4. The lowest BCUT2D eigenvalue weighted by molar-refractivity contribution is 0.0998. The molecule has 0 saturated heterocycles. The Bertz CT molecular complexity index is 735. The number of likely N-dealkylation sites (N-methyl/N-ethyl adjacent to an activating group) is 1. The van der Waals surface area contributed by atoms with Gasteiger partial charge in [-0.25, -0.2) is 4.79 Å². The summed E-state index contributed by atoms with van der Waals surface area (Å²) >= 11 is 0. The van der Waals surface area contributed by atoms with Gasteiger partial charge in [-0.2, -0.15) is 0 Å². The molecule has 5 heteroatoms. The van der Waals surface area contributed by atoms with E-state index in [2.05, 4.69) is 4.90 Å². The van der Waals surface area contributed by atoms with Crippen molar-refractivity contribution in [2.45, 2.75) is 25.9 Å². The lowest BCUT2D eigenvalue weighted by Gasteiger charge is -2.20. The van der Waals surface area contributed by atoms with Crippen LogP contribution in [0.5, 0.6) is 5.75 Å². The third-order valence-electron chi connectivity index (χ3n) is 4.33. The second kappa shape index (κ2) is 6.72. The summed E-state index contributed by atoms with van der Waals surface area (Å²) in [7, 11) is 1.98. The quantitative estimate of drug-likeness (QED) is 0.793. The minimum absolute atomic E-state index is 0.224. The predicted molar refractivity (Wildman–Crippen MR) is 88.9 cm³/mol. The fraction of sp³-hybridized carbons (Fsp3) is 0.500. The maximum absolute atomic E-state index is 11.4. The first-order valence-corrected chi connectivity index (χ1v) is 8.07. The van der Waals surface area contributed by atoms with E-state index >= 15 is 0 Å². The highest BCUT2D eigenvalue weighted by atomic mass is 16.5. The Kier molecular flexibility index (Phi) is 4.68. The molecular formula is C18H23NO4. The summed E-state index contributed by atoms with van der Waals surface area (Å²) in [5.41, 5.74) is 1.10. The third-order valence-corrected chi connectivity index (χ3v) is 4.33. The molecule has 0 amide bonds. The Morgan fingerprint density at radius 2 is 2.17 bits per heavy atom. The van der Waals surface area contributed by atoms with Crippen molar-refractivity contribution in [3.63, 3.8) is 0 Å². The fourth-order valence-corrected chi connectivity index (χ4v) is 2.76. The standard InChI is InChI=1S/C18H23NO4/c1-12-9-18(21)23-17-10-14(5-6-15(12)17)22-8-7-19(2)11-16(20)13-3-4-13/h5-6,9-10,13,16,20H,3-4,7-8,11H2,1-2H3. The zero-order valence-corrected chi connectivity index (χ0v) is 13.6. The Morgan fingerprint density at radius 3 is 2.91 bits per heavy atom. The first-order valence-electron chi connectivity index (χ1n) is 8.07. The van der Waals surface area contributed by atoms with Crippen LogP contribution < -0.4 is 10.4 Å². The molecule has 0 radical (unpaired) electrons. The minimum atomic E-state index is -0.346. The predicted octanol–water partition coefficient (Wildman–Crippen LogP) is 2.18. The number of hydrogen-bond acceptors (Lipinski definition) is 5. The number of rotatable bonds is 7. The normalized spacial score (nSPS) is 16.0. The van der Waals surface area contributed by atoms with Gasteiger partial charge in [-0.05, 0) is 50.4 Å². The summed E-state index contributed by atoms with van der Waals surface area (Å²) in [6.45, 7) is 3.83. The molecule has 1 aliphatic rings. The van der Waals surface area contributed by atoms with Crippen LogP contribution in [0.1, 0.15) is 18.4 Å². The number of aliphatic hydroxyl groups is 1. The van der Waals surface area contributed by atoms with Gasteiger partial charge in [0.1, 0.15) is 17.9 Å². The summed E-state index contributed by atoms with van der Waals surface area (Å²) < 4.78 is 11.0. The molecule has 5 nitrogen and oxygen atoms in total. The van der Waals surface area contributed by atoms with Crippen molar-refractivity contribution in [3.05, 3.63) is 40.2 Å². The first-order chi connectivity index (χ1) is 11.0. The van der Waals surface area contributed by atoms with Gasteiger partial charge in [0.15, 0.2) is 0 Å². The molecule has 1 aromatic heterocycles. The summed E-state index contributed by atoms with van der Waals surface area (Å²) in [4.78, 5) is 13.5. The van der Waals surface area contributed by atoms with Gasteiger partial charge in [-0.15, -0.1) is 0 Å². The van der Waals surface area contributed by atoms with Crippen LogP contribution in [0, 0.1) is 12.8 Å². The van der Waals surface area contributed by atoms with E-state index in [1.165, 1.54) is 6.07 Å². The van der Waals surface area contributed by atoms with Crippen molar-refractivity contribution < 1.29 is 14.3 Å². The average Bonchev–Trinajstić information content (AvgIpc) is 3.31. The Hall–Kier alpha value is -1.85. The van der Waals surface area contributed by atoms with Crippen LogP contribution in [0.15, 0.2) is 33.5 Å². The Balaban J connectivity index is 1.55. The average molecular weight is 317 g/mol. The van der Waals surface area contributed by atoms with Gasteiger partial charge in [-0.3, -0.25) is 0 Å². The van der Waals surface area contributed by atoms with Crippen LogP contribution in [0.2, 0.25) is 0 Å². The number of nitrogens with zero attached hydrogens (tertiary/aromatic N) is 1. The highest BCUT2D eigenvalue weighted by Gasteiger charge is 2.30. The molecule has 1 saturated carbocycles. The Morgan fingerprint density at radius 1 is 1.39 bits per heavy atom. The van der Waals surface area contributed by atoms with E-state index in [9.17, 15) is 9.90 Å². The van der Waals surface area contributed by atoms with Gasteiger partial charge in [-0.1, -0.05) is 0 Å². The van der Waals surface area contributed by atoms with Crippen LogP contribution in [0.3, 0.4) is 0 Å². The molecule has 1 heterocycles. The molecule has 1 fully saturated rings. The number of benzene rings is 1. The largest absolute Gasteiger partial charge is 0.492 e. The van der Waals surface area contributed by atoms with Crippen LogP contribution in [0.25, 0.3) is 11.0 Å². The molecule has 0 aliphatic heterocycles. The minimum Gasteiger partial charge on any atom is -0.492 e. The lowest BCUT2D eigenvalue weighted by Crippen LogP contribution is -2.33. The summed E-state index contributed by atoms with van der Waals surface area (Å²) in [5, 5.41) is 10.8. The molecule has 23 heavy (non-hydrogen) atoms. The van der Waals surface area contributed by atoms with Crippen molar-refractivity contribution in [2.24, 2.45) is 5.92 Å². The molecule has 1 atom stereocenters. The SMILES string of the molecule is Cc1cc(=O)oc2cc(OCCN(C)CC(O)C3CC3)ccc12. The highest BCUT2D eigenvalue weighted by molar-refractivity contribution is 5.81. The lowest BCUT2D eigenvalue weighted by atomic mass is 10.1. The molecule has 2 aromatic rings. The number of hydrogen-bond donors (Lipinski definition) is 1. The van der Waals surface area contributed by atoms with E-state index in [0.717, 1.165) is 30.3 Å². The second-order valence-corrected chi connectivity index (χ2v) is 6.42. The van der Waals surface area contributed by atoms with Gasteiger partial charge >= 0.3 is 5.63 Å². The summed E-state index contributed by atoms with van der Waals surface area (Å²) in [6.07, 6.45) is 2.07.